The van der Waals surface area contributed by atoms with Gasteiger partial charge in [-0.1, -0.05) is 11.6 Å². The van der Waals surface area contributed by atoms with Gasteiger partial charge < -0.3 is 19.9 Å². The van der Waals surface area contributed by atoms with Crippen LogP contribution < -0.4 is 10.1 Å². The minimum Gasteiger partial charge on any atom is -0.434 e. The number of fused-ring (bicyclic) bond motifs is 1. The van der Waals surface area contributed by atoms with Crippen LogP contribution in [0.5, 0.6) is 5.75 Å². The van der Waals surface area contributed by atoms with Crippen molar-refractivity contribution in [2.24, 2.45) is 0 Å². The maximum Gasteiger partial charge on any atom is 0.387 e. The van der Waals surface area contributed by atoms with Gasteiger partial charge in [-0.15, -0.1) is 0 Å². The third-order valence-electron chi connectivity index (χ3n) is 7.48. The van der Waals surface area contributed by atoms with Crippen molar-refractivity contribution in [3.05, 3.63) is 59.6 Å². The molecule has 4 aromatic rings. The van der Waals surface area contributed by atoms with E-state index in [1.165, 1.54) is 46.0 Å². The van der Waals surface area contributed by atoms with Gasteiger partial charge in [0.2, 0.25) is 5.91 Å². The van der Waals surface area contributed by atoms with Crippen molar-refractivity contribution in [1.82, 2.24) is 34.2 Å². The molecule has 1 saturated heterocycles. The van der Waals surface area contributed by atoms with E-state index in [0.29, 0.717) is 31.2 Å². The van der Waals surface area contributed by atoms with Crippen molar-refractivity contribution in [2.45, 2.75) is 44.9 Å². The molecule has 0 saturated carbocycles. The van der Waals surface area contributed by atoms with Crippen molar-refractivity contribution in [3.8, 4) is 23.1 Å². The second kappa shape index (κ2) is 13.8. The van der Waals surface area contributed by atoms with Crippen LogP contribution in [0.15, 0.2) is 49.1 Å². The van der Waals surface area contributed by atoms with Gasteiger partial charge in [0, 0.05) is 54.7 Å². The zero-order chi connectivity index (χ0) is 31.2. The quantitative estimate of drug-likeness (QED) is 0.244. The van der Waals surface area contributed by atoms with Crippen molar-refractivity contribution < 1.29 is 23.1 Å². The molecule has 3 aromatic heterocycles. The number of alkyl halides is 2. The highest BCUT2D eigenvalue weighted by Gasteiger charge is 2.27. The fraction of sp³-hybridized carbons (Fsp3) is 0.379. The van der Waals surface area contributed by atoms with E-state index < -0.39 is 12.5 Å². The second-order valence-electron chi connectivity index (χ2n) is 10.4. The number of carbonyl (C=O) groups is 2. The van der Waals surface area contributed by atoms with Gasteiger partial charge in [-0.2, -0.15) is 24.2 Å². The molecule has 4 heterocycles. The maximum absolute atomic E-state index is 13.3. The Balaban J connectivity index is 1.38. The summed E-state index contributed by atoms with van der Waals surface area (Å²) in [6, 6.07) is 8.24. The van der Waals surface area contributed by atoms with Gasteiger partial charge in [0.05, 0.1) is 18.0 Å². The lowest BCUT2D eigenvalue weighted by Gasteiger charge is -2.36. The first-order valence-corrected chi connectivity index (χ1v) is 14.4. The summed E-state index contributed by atoms with van der Waals surface area (Å²) in [5.41, 5.74) is 0.842. The third-order valence-corrected chi connectivity index (χ3v) is 7.72. The number of halogens is 3. The predicted molar refractivity (Wildman–Crippen MR) is 157 cm³/mol. The molecule has 0 radical (unpaired) electrons. The number of amides is 2. The van der Waals surface area contributed by atoms with E-state index in [1.54, 1.807) is 17.2 Å². The van der Waals surface area contributed by atoms with Gasteiger partial charge in [0.25, 0.3) is 5.91 Å². The van der Waals surface area contributed by atoms with Crippen molar-refractivity contribution in [2.75, 3.05) is 32.0 Å². The molecule has 230 valence electrons. The Bertz CT molecular complexity index is 1680. The van der Waals surface area contributed by atoms with E-state index >= 15 is 0 Å². The molecular formula is C29H30ClF2N9O3. The Morgan fingerprint density at radius 1 is 1.30 bits per heavy atom. The molecule has 2 amide bonds. The number of aromatic nitrogens is 5. The van der Waals surface area contributed by atoms with Crippen LogP contribution >= 0.6 is 11.6 Å². The van der Waals surface area contributed by atoms with E-state index in [2.05, 4.69) is 31.5 Å². The number of piperidine rings is 1. The Labute approximate surface area is 256 Å². The Morgan fingerprint density at radius 2 is 2.09 bits per heavy atom. The van der Waals surface area contributed by atoms with Gasteiger partial charge in [0.15, 0.2) is 5.65 Å². The van der Waals surface area contributed by atoms with Crippen LogP contribution in [0.3, 0.4) is 0 Å². The molecule has 0 bridgehead atoms. The molecule has 1 fully saturated rings. The number of carbonyl (C=O) groups excluding carboxylic acids is 2. The molecule has 1 aliphatic heterocycles. The average Bonchev–Trinajstić information content (AvgIpc) is 3.62. The number of hydrogen-bond donors (Lipinski definition) is 1. The number of nitrogens with one attached hydrogen (secondary N) is 1. The number of rotatable bonds is 11. The lowest BCUT2D eigenvalue weighted by atomic mass is 10.0. The molecule has 0 spiro atoms. The first-order chi connectivity index (χ1) is 21.2. The summed E-state index contributed by atoms with van der Waals surface area (Å²) in [7, 11) is 2.03. The van der Waals surface area contributed by atoms with E-state index in [1.807, 2.05) is 7.05 Å². The Hall–Kier alpha value is -4.61. The molecule has 1 aliphatic rings. The normalized spacial score (nSPS) is 13.9. The summed E-state index contributed by atoms with van der Waals surface area (Å²) in [5, 5.41) is 20.4. The third kappa shape index (κ3) is 7.12. The SMILES string of the molecule is CN(CCCC#N)C1CCN(C(=O)Cn2cc(NC(=O)c3cnn4cccnc34)c(-c3cc(Cl)ccc3OC(F)F)n2)CC1. The van der Waals surface area contributed by atoms with Crippen molar-refractivity contribution >= 4 is 34.7 Å². The molecular weight excluding hydrogens is 596 g/mol. The standard InChI is InChI=1S/C29H30ClF2N9O3/c1-38(11-3-2-9-33)20-7-13-39(14-8-20)25(42)18-40-17-23(36-28(43)22-16-35-41-12-4-10-34-27(22)41)26(37-40)21-15-19(30)5-6-24(21)44-29(31)32/h4-6,10,12,15-17,20,29H,2-3,7-8,11,13-14,18H2,1H3,(H,36,43). The number of unbranched alkanes of at least 4 members (excludes halogenated alkanes) is 1. The molecule has 0 aliphatic carbocycles. The monoisotopic (exact) mass is 625 g/mol. The number of anilines is 1. The summed E-state index contributed by atoms with van der Waals surface area (Å²) in [5.74, 6) is -0.940. The van der Waals surface area contributed by atoms with Crippen molar-refractivity contribution in [3.63, 3.8) is 0 Å². The van der Waals surface area contributed by atoms with Crippen LogP contribution in [0, 0.1) is 11.3 Å². The molecule has 0 atom stereocenters. The number of nitriles is 1. The fourth-order valence-corrected chi connectivity index (χ4v) is 5.41. The van der Waals surface area contributed by atoms with Crippen LogP contribution in [-0.4, -0.2) is 85.3 Å². The first kappa shape index (κ1) is 30.8. The second-order valence-corrected chi connectivity index (χ2v) is 10.8. The van der Waals surface area contributed by atoms with E-state index in [-0.39, 0.29) is 45.7 Å². The molecule has 1 aromatic carbocycles. The first-order valence-electron chi connectivity index (χ1n) is 14.0. The zero-order valence-corrected chi connectivity index (χ0v) is 24.6. The summed E-state index contributed by atoms with van der Waals surface area (Å²) in [6.45, 7) is -1.31. The molecule has 1 N–H and O–H groups in total. The highest BCUT2D eigenvalue weighted by atomic mass is 35.5. The number of ether oxygens (including phenoxy) is 1. The molecule has 44 heavy (non-hydrogen) atoms. The lowest BCUT2D eigenvalue weighted by Crippen LogP contribution is -2.46. The van der Waals surface area contributed by atoms with Gasteiger partial charge >= 0.3 is 6.61 Å². The molecule has 15 heteroatoms. The van der Waals surface area contributed by atoms with Gasteiger partial charge in [-0.3, -0.25) is 14.3 Å². The van der Waals surface area contributed by atoms with Crippen molar-refractivity contribution in [1.29, 1.82) is 5.26 Å². The maximum atomic E-state index is 13.3. The Morgan fingerprint density at radius 3 is 2.84 bits per heavy atom. The van der Waals surface area contributed by atoms with E-state index in [4.69, 9.17) is 21.6 Å². The average molecular weight is 626 g/mol. The van der Waals surface area contributed by atoms with Crippen LogP contribution in [0.2, 0.25) is 5.02 Å². The highest BCUT2D eigenvalue weighted by molar-refractivity contribution is 6.31. The van der Waals surface area contributed by atoms with Crippen LogP contribution in [0.1, 0.15) is 36.0 Å². The minimum atomic E-state index is -3.12. The van der Waals surface area contributed by atoms with Crippen LogP contribution in [0.25, 0.3) is 16.9 Å². The largest absolute Gasteiger partial charge is 0.434 e. The topological polar surface area (TPSA) is 134 Å². The minimum absolute atomic E-state index is 0.0893. The zero-order valence-electron chi connectivity index (χ0n) is 23.9. The van der Waals surface area contributed by atoms with E-state index in [9.17, 15) is 18.4 Å². The molecule has 0 unspecified atom stereocenters. The fourth-order valence-electron chi connectivity index (χ4n) is 5.24. The molecule has 5 rings (SSSR count). The number of benzene rings is 1. The van der Waals surface area contributed by atoms with Gasteiger partial charge in [0.1, 0.15) is 23.6 Å². The Kier molecular flexibility index (Phi) is 9.66. The lowest BCUT2D eigenvalue weighted by molar-refractivity contribution is -0.133. The van der Waals surface area contributed by atoms with Gasteiger partial charge in [-0.05, 0) is 57.1 Å². The highest BCUT2D eigenvalue weighted by Crippen LogP contribution is 2.37. The van der Waals surface area contributed by atoms with Gasteiger partial charge in [-0.25, -0.2) is 9.50 Å². The number of hydrogen-bond acceptors (Lipinski definition) is 8. The summed E-state index contributed by atoms with van der Waals surface area (Å²) in [6.07, 6.45) is 8.90. The number of nitrogens with zero attached hydrogens (tertiary/aromatic N) is 8. The predicted octanol–water partition coefficient (Wildman–Crippen LogP) is 4.33. The smallest absolute Gasteiger partial charge is 0.387 e. The summed E-state index contributed by atoms with van der Waals surface area (Å²) < 4.78 is 34.0. The van der Waals surface area contributed by atoms with Crippen LogP contribution in [-0.2, 0) is 11.3 Å². The molecule has 12 nitrogen and oxygen atoms in total. The summed E-state index contributed by atoms with van der Waals surface area (Å²) >= 11 is 6.21. The summed E-state index contributed by atoms with van der Waals surface area (Å²) in [4.78, 5) is 34.8. The number of likely N-dealkylation sites (tertiary alicyclic amines) is 1. The van der Waals surface area contributed by atoms with Crippen LogP contribution in [0.4, 0.5) is 14.5 Å². The van der Waals surface area contributed by atoms with E-state index in [0.717, 1.165) is 25.8 Å².